The van der Waals surface area contributed by atoms with Crippen LogP contribution in [0.4, 0.5) is 0 Å². The van der Waals surface area contributed by atoms with Gasteiger partial charge in [0.15, 0.2) is 5.78 Å². The normalized spacial score (nSPS) is 12.5. The molecule has 0 radical (unpaired) electrons. The lowest BCUT2D eigenvalue weighted by atomic mass is 10.0. The third kappa shape index (κ3) is 4.69. The van der Waals surface area contributed by atoms with Crippen LogP contribution in [0.3, 0.4) is 0 Å². The number of Topliss-reactive ketones (excluding diaryl/α,β-unsaturated/α-hetero) is 1. The summed E-state index contributed by atoms with van der Waals surface area (Å²) >= 11 is 0. The van der Waals surface area contributed by atoms with Crippen LogP contribution in [-0.2, 0) is 0 Å². The molecule has 0 amide bonds. The zero-order valence-electron chi connectivity index (χ0n) is 12.2. The van der Waals surface area contributed by atoms with Gasteiger partial charge in [0.2, 0.25) is 0 Å². The Kier molecular flexibility index (Phi) is 5.47. The number of aliphatic hydroxyl groups excluding tert-OH is 1. The Labute approximate surface area is 125 Å². The van der Waals surface area contributed by atoms with Crippen molar-refractivity contribution >= 4 is 11.9 Å². The van der Waals surface area contributed by atoms with Crippen LogP contribution >= 0.6 is 0 Å². The second-order valence-electron chi connectivity index (χ2n) is 5.08. The second kappa shape index (κ2) is 7.55. The van der Waals surface area contributed by atoms with Crippen LogP contribution in [0, 0.1) is 0 Å². The lowest BCUT2D eigenvalue weighted by Gasteiger charge is -2.08. The van der Waals surface area contributed by atoms with Gasteiger partial charge in [-0.05, 0) is 30.9 Å². The van der Waals surface area contributed by atoms with Crippen LogP contribution < -0.4 is 0 Å². The van der Waals surface area contributed by atoms with Crippen molar-refractivity contribution in [3.05, 3.63) is 77.4 Å². The quantitative estimate of drug-likeness (QED) is 0.795. The number of aliphatic hydroxyl groups is 1. The summed E-state index contributed by atoms with van der Waals surface area (Å²) in [5, 5.41) is 10.0. The highest BCUT2D eigenvalue weighted by atomic mass is 16.3. The average molecular weight is 280 g/mol. The van der Waals surface area contributed by atoms with E-state index in [2.05, 4.69) is 6.08 Å². The van der Waals surface area contributed by atoms with Crippen molar-refractivity contribution in [3.8, 4) is 0 Å². The first-order valence-electron chi connectivity index (χ1n) is 7.17. The SMILES string of the molecule is CC(=O)c1ccc(/C=C/CCC(O)c2ccccc2)cc1. The zero-order chi connectivity index (χ0) is 15.1. The Balaban J connectivity index is 1.84. The zero-order valence-corrected chi connectivity index (χ0v) is 12.2. The molecule has 0 bridgehead atoms. The first kappa shape index (κ1) is 15.2. The van der Waals surface area contributed by atoms with Crippen molar-refractivity contribution in [1.29, 1.82) is 0 Å². The average Bonchev–Trinajstić information content (AvgIpc) is 2.52. The van der Waals surface area contributed by atoms with E-state index in [-0.39, 0.29) is 5.78 Å². The van der Waals surface area contributed by atoms with Crippen LogP contribution in [0.25, 0.3) is 6.08 Å². The summed E-state index contributed by atoms with van der Waals surface area (Å²) in [7, 11) is 0. The van der Waals surface area contributed by atoms with Gasteiger partial charge < -0.3 is 5.11 Å². The standard InChI is InChI=1S/C19H20O2/c1-15(20)17-13-11-16(12-14-17)7-5-6-10-19(21)18-8-3-2-4-9-18/h2-5,7-9,11-14,19,21H,6,10H2,1H3/b7-5+. The van der Waals surface area contributed by atoms with Gasteiger partial charge in [0, 0.05) is 5.56 Å². The first-order chi connectivity index (χ1) is 10.2. The molecule has 0 aliphatic heterocycles. The number of benzene rings is 2. The lowest BCUT2D eigenvalue weighted by molar-refractivity contribution is 0.101. The molecule has 0 fully saturated rings. The third-order valence-corrected chi connectivity index (χ3v) is 3.42. The Morgan fingerprint density at radius 1 is 1.10 bits per heavy atom. The molecule has 0 aromatic heterocycles. The van der Waals surface area contributed by atoms with Crippen molar-refractivity contribution in [1.82, 2.24) is 0 Å². The summed E-state index contributed by atoms with van der Waals surface area (Å²) in [5.41, 5.74) is 2.75. The van der Waals surface area contributed by atoms with Gasteiger partial charge in [-0.15, -0.1) is 0 Å². The second-order valence-corrected chi connectivity index (χ2v) is 5.08. The molecule has 0 spiro atoms. The van der Waals surface area contributed by atoms with Crippen LogP contribution in [0.2, 0.25) is 0 Å². The van der Waals surface area contributed by atoms with Gasteiger partial charge in [-0.25, -0.2) is 0 Å². The highest BCUT2D eigenvalue weighted by Gasteiger charge is 2.04. The molecule has 0 heterocycles. The summed E-state index contributed by atoms with van der Waals surface area (Å²) in [6, 6.07) is 17.2. The Hall–Kier alpha value is -2.19. The maximum absolute atomic E-state index is 11.2. The molecule has 2 nitrogen and oxygen atoms in total. The van der Waals surface area contributed by atoms with Crippen molar-refractivity contribution in [3.63, 3.8) is 0 Å². The van der Waals surface area contributed by atoms with Gasteiger partial charge in [-0.2, -0.15) is 0 Å². The molecular weight excluding hydrogens is 260 g/mol. The summed E-state index contributed by atoms with van der Waals surface area (Å²) in [4.78, 5) is 11.2. The van der Waals surface area contributed by atoms with Crippen molar-refractivity contribution < 1.29 is 9.90 Å². The van der Waals surface area contributed by atoms with Crippen LogP contribution in [0.15, 0.2) is 60.7 Å². The maximum atomic E-state index is 11.2. The Morgan fingerprint density at radius 3 is 2.38 bits per heavy atom. The maximum Gasteiger partial charge on any atom is 0.159 e. The monoisotopic (exact) mass is 280 g/mol. The van der Waals surface area contributed by atoms with E-state index in [1.54, 1.807) is 6.92 Å². The van der Waals surface area contributed by atoms with E-state index in [0.29, 0.717) is 6.42 Å². The number of ketones is 1. The molecule has 2 heteroatoms. The summed E-state index contributed by atoms with van der Waals surface area (Å²) < 4.78 is 0. The fourth-order valence-corrected chi connectivity index (χ4v) is 2.14. The van der Waals surface area contributed by atoms with Gasteiger partial charge >= 0.3 is 0 Å². The number of rotatable bonds is 6. The van der Waals surface area contributed by atoms with E-state index >= 15 is 0 Å². The fraction of sp³-hybridized carbons (Fsp3) is 0.211. The summed E-state index contributed by atoms with van der Waals surface area (Å²) in [6.07, 6.45) is 5.16. The minimum Gasteiger partial charge on any atom is -0.388 e. The van der Waals surface area contributed by atoms with Crippen molar-refractivity contribution in [2.75, 3.05) is 0 Å². The molecule has 108 valence electrons. The number of hydrogen-bond donors (Lipinski definition) is 1. The van der Waals surface area contributed by atoms with Gasteiger partial charge in [-0.1, -0.05) is 66.7 Å². The first-order valence-corrected chi connectivity index (χ1v) is 7.17. The van der Waals surface area contributed by atoms with Gasteiger partial charge in [0.25, 0.3) is 0 Å². The van der Waals surface area contributed by atoms with E-state index in [4.69, 9.17) is 0 Å². The highest BCUT2D eigenvalue weighted by Crippen LogP contribution is 2.18. The number of hydrogen-bond acceptors (Lipinski definition) is 2. The van der Waals surface area contributed by atoms with E-state index < -0.39 is 6.10 Å². The molecule has 0 aliphatic carbocycles. The van der Waals surface area contributed by atoms with Gasteiger partial charge in [0.05, 0.1) is 6.10 Å². The van der Waals surface area contributed by atoms with Crippen LogP contribution in [-0.4, -0.2) is 10.9 Å². The predicted octanol–water partition coefficient (Wildman–Crippen LogP) is 4.42. The summed E-state index contributed by atoms with van der Waals surface area (Å²) in [5.74, 6) is 0.0801. The molecule has 2 rings (SSSR count). The van der Waals surface area contributed by atoms with E-state index in [1.807, 2.05) is 60.7 Å². The highest BCUT2D eigenvalue weighted by molar-refractivity contribution is 5.94. The van der Waals surface area contributed by atoms with E-state index in [0.717, 1.165) is 23.1 Å². The van der Waals surface area contributed by atoms with Gasteiger partial charge in [0.1, 0.15) is 0 Å². The molecule has 1 unspecified atom stereocenters. The molecule has 2 aromatic rings. The van der Waals surface area contributed by atoms with E-state index in [9.17, 15) is 9.90 Å². The molecule has 0 saturated carbocycles. The van der Waals surface area contributed by atoms with Crippen LogP contribution in [0.1, 0.15) is 47.4 Å². The van der Waals surface area contributed by atoms with Crippen LogP contribution in [0.5, 0.6) is 0 Å². The fourth-order valence-electron chi connectivity index (χ4n) is 2.14. The van der Waals surface area contributed by atoms with Crippen molar-refractivity contribution in [2.24, 2.45) is 0 Å². The third-order valence-electron chi connectivity index (χ3n) is 3.42. The summed E-state index contributed by atoms with van der Waals surface area (Å²) in [6.45, 7) is 1.57. The minimum atomic E-state index is -0.420. The number of carbonyl (C=O) groups is 1. The van der Waals surface area contributed by atoms with Crippen molar-refractivity contribution in [2.45, 2.75) is 25.9 Å². The molecule has 0 saturated heterocycles. The molecular formula is C19H20O2. The molecule has 2 aromatic carbocycles. The molecule has 21 heavy (non-hydrogen) atoms. The number of carbonyl (C=O) groups excluding carboxylic acids is 1. The smallest absolute Gasteiger partial charge is 0.159 e. The topological polar surface area (TPSA) is 37.3 Å². The number of allylic oxidation sites excluding steroid dienone is 1. The molecule has 1 atom stereocenters. The van der Waals surface area contributed by atoms with Gasteiger partial charge in [-0.3, -0.25) is 4.79 Å². The lowest BCUT2D eigenvalue weighted by Crippen LogP contribution is -1.95. The Morgan fingerprint density at radius 2 is 1.76 bits per heavy atom. The largest absolute Gasteiger partial charge is 0.388 e. The molecule has 0 aliphatic rings. The van der Waals surface area contributed by atoms with E-state index in [1.165, 1.54) is 0 Å². The predicted molar refractivity (Wildman–Crippen MR) is 86.1 cm³/mol. The Bertz CT molecular complexity index is 597. The molecule has 1 N–H and O–H groups in total. The minimum absolute atomic E-state index is 0.0801.